The summed E-state index contributed by atoms with van der Waals surface area (Å²) in [5, 5.41) is 3.23. The Bertz CT molecular complexity index is 677. The number of rotatable bonds is 4. The molecule has 0 unspecified atom stereocenters. The molecule has 0 atom stereocenters. The maximum Gasteiger partial charge on any atom is 0.337 e. The summed E-state index contributed by atoms with van der Waals surface area (Å²) >= 11 is 6.00. The number of benzene rings is 2. The summed E-state index contributed by atoms with van der Waals surface area (Å²) < 4.78 is 31.2. The number of ether oxygens (including phenoxy) is 1. The third kappa shape index (κ3) is 3.70. The van der Waals surface area contributed by atoms with Gasteiger partial charge >= 0.3 is 5.97 Å². The molecule has 1 N–H and O–H groups in total. The number of nitrogens with one attached hydrogen (secondary N) is 1. The number of esters is 1. The van der Waals surface area contributed by atoms with Gasteiger partial charge in [0.1, 0.15) is 11.6 Å². The van der Waals surface area contributed by atoms with E-state index in [9.17, 15) is 13.6 Å². The molecular formula is C15H12ClF2NO2. The molecule has 0 saturated heterocycles. The average molecular weight is 312 g/mol. The minimum atomic E-state index is -0.525. The van der Waals surface area contributed by atoms with Crippen LogP contribution in [0.5, 0.6) is 0 Å². The molecule has 0 aliphatic heterocycles. The molecule has 110 valence electrons. The van der Waals surface area contributed by atoms with Gasteiger partial charge in [0.2, 0.25) is 0 Å². The van der Waals surface area contributed by atoms with E-state index < -0.39 is 17.6 Å². The highest BCUT2D eigenvalue weighted by Crippen LogP contribution is 2.24. The Labute approximate surface area is 125 Å². The molecule has 0 aromatic heterocycles. The van der Waals surface area contributed by atoms with Crippen LogP contribution in [-0.4, -0.2) is 13.1 Å². The molecule has 6 heteroatoms. The maximum absolute atomic E-state index is 13.5. The Morgan fingerprint density at radius 3 is 2.71 bits per heavy atom. The standard InChI is InChI=1S/C15H12ClF2NO2/c1-21-15(20)9-2-4-12(16)14(7-9)19-8-10-6-11(17)3-5-13(10)18/h2-7,19H,8H2,1H3. The molecule has 2 rings (SSSR count). The second-order valence-corrected chi connectivity index (χ2v) is 4.68. The maximum atomic E-state index is 13.5. The first-order chi connectivity index (χ1) is 10.0. The first-order valence-electron chi connectivity index (χ1n) is 6.07. The van der Waals surface area contributed by atoms with Crippen molar-refractivity contribution in [1.29, 1.82) is 0 Å². The van der Waals surface area contributed by atoms with E-state index in [1.807, 2.05) is 0 Å². The van der Waals surface area contributed by atoms with Crippen molar-refractivity contribution in [3.8, 4) is 0 Å². The predicted octanol–water partition coefficient (Wildman–Crippen LogP) is 4.02. The number of carbonyl (C=O) groups excluding carboxylic acids is 1. The van der Waals surface area contributed by atoms with E-state index in [2.05, 4.69) is 10.1 Å². The fraction of sp³-hybridized carbons (Fsp3) is 0.133. The zero-order valence-electron chi connectivity index (χ0n) is 11.1. The monoisotopic (exact) mass is 311 g/mol. The summed E-state index contributed by atoms with van der Waals surface area (Å²) in [5.41, 5.74) is 0.905. The van der Waals surface area contributed by atoms with Crippen molar-refractivity contribution in [2.45, 2.75) is 6.54 Å². The van der Waals surface area contributed by atoms with Crippen molar-refractivity contribution in [2.75, 3.05) is 12.4 Å². The highest BCUT2D eigenvalue weighted by Gasteiger charge is 2.10. The zero-order valence-corrected chi connectivity index (χ0v) is 11.9. The normalized spacial score (nSPS) is 10.3. The molecule has 0 heterocycles. The number of hydrogen-bond donors (Lipinski definition) is 1. The minimum Gasteiger partial charge on any atom is -0.465 e. The van der Waals surface area contributed by atoms with E-state index in [4.69, 9.17) is 11.6 Å². The van der Waals surface area contributed by atoms with Crippen LogP contribution in [0.15, 0.2) is 36.4 Å². The van der Waals surface area contributed by atoms with Crippen molar-refractivity contribution in [2.24, 2.45) is 0 Å². The summed E-state index contributed by atoms with van der Waals surface area (Å²) in [4.78, 5) is 11.4. The van der Waals surface area contributed by atoms with E-state index in [0.717, 1.165) is 18.2 Å². The molecule has 3 nitrogen and oxygen atoms in total. The lowest BCUT2D eigenvalue weighted by Gasteiger charge is -2.10. The van der Waals surface area contributed by atoms with Gasteiger partial charge in [-0.25, -0.2) is 13.6 Å². The molecule has 2 aromatic rings. The van der Waals surface area contributed by atoms with Gasteiger partial charge in [0, 0.05) is 12.1 Å². The Morgan fingerprint density at radius 1 is 1.24 bits per heavy atom. The van der Waals surface area contributed by atoms with Gasteiger partial charge in [-0.15, -0.1) is 0 Å². The van der Waals surface area contributed by atoms with Gasteiger partial charge in [0.25, 0.3) is 0 Å². The molecule has 21 heavy (non-hydrogen) atoms. The third-order valence-electron chi connectivity index (χ3n) is 2.86. The fourth-order valence-electron chi connectivity index (χ4n) is 1.77. The van der Waals surface area contributed by atoms with Crippen molar-refractivity contribution in [1.82, 2.24) is 0 Å². The number of halogens is 3. The Kier molecular flexibility index (Phi) is 4.75. The lowest BCUT2D eigenvalue weighted by Crippen LogP contribution is -2.06. The highest BCUT2D eigenvalue weighted by atomic mass is 35.5. The molecule has 0 radical (unpaired) electrons. The van der Waals surface area contributed by atoms with Crippen molar-refractivity contribution >= 4 is 23.3 Å². The van der Waals surface area contributed by atoms with Crippen molar-refractivity contribution < 1.29 is 18.3 Å². The summed E-state index contributed by atoms with van der Waals surface area (Å²) in [6, 6.07) is 7.73. The van der Waals surface area contributed by atoms with Crippen LogP contribution in [0.25, 0.3) is 0 Å². The van der Waals surface area contributed by atoms with Crippen LogP contribution in [0, 0.1) is 11.6 Å². The lowest BCUT2D eigenvalue weighted by molar-refractivity contribution is 0.0601. The molecular weight excluding hydrogens is 300 g/mol. The number of carbonyl (C=O) groups is 1. The van der Waals surface area contributed by atoms with Crippen LogP contribution >= 0.6 is 11.6 Å². The highest BCUT2D eigenvalue weighted by molar-refractivity contribution is 6.33. The molecule has 2 aromatic carbocycles. The SMILES string of the molecule is COC(=O)c1ccc(Cl)c(NCc2cc(F)ccc2F)c1. The molecule has 0 amide bonds. The molecule has 0 bridgehead atoms. The Balaban J connectivity index is 2.19. The van der Waals surface area contributed by atoms with E-state index in [1.165, 1.54) is 25.3 Å². The van der Waals surface area contributed by atoms with Gasteiger partial charge in [0.15, 0.2) is 0 Å². The van der Waals surface area contributed by atoms with Crippen LogP contribution in [0.2, 0.25) is 5.02 Å². The zero-order chi connectivity index (χ0) is 15.4. The van der Waals surface area contributed by atoms with Crippen LogP contribution < -0.4 is 5.32 Å². The van der Waals surface area contributed by atoms with E-state index in [0.29, 0.717) is 16.3 Å². The predicted molar refractivity (Wildman–Crippen MR) is 76.5 cm³/mol. The molecule has 0 fully saturated rings. The van der Waals surface area contributed by atoms with Crippen molar-refractivity contribution in [3.05, 3.63) is 64.2 Å². The van der Waals surface area contributed by atoms with E-state index >= 15 is 0 Å². The second-order valence-electron chi connectivity index (χ2n) is 4.28. The van der Waals surface area contributed by atoms with Gasteiger partial charge in [-0.05, 0) is 36.4 Å². The second kappa shape index (κ2) is 6.54. The molecule has 0 aliphatic rings. The van der Waals surface area contributed by atoms with Gasteiger partial charge in [0.05, 0.1) is 23.4 Å². The van der Waals surface area contributed by atoms with Gasteiger partial charge in [-0.2, -0.15) is 0 Å². The van der Waals surface area contributed by atoms with Gasteiger partial charge in [-0.3, -0.25) is 0 Å². The smallest absolute Gasteiger partial charge is 0.337 e. The lowest BCUT2D eigenvalue weighted by atomic mass is 10.1. The average Bonchev–Trinajstić information content (AvgIpc) is 2.48. The molecule has 0 spiro atoms. The van der Waals surface area contributed by atoms with Crippen molar-refractivity contribution in [3.63, 3.8) is 0 Å². The summed E-state index contributed by atoms with van der Waals surface area (Å²) in [7, 11) is 1.27. The summed E-state index contributed by atoms with van der Waals surface area (Å²) in [6.07, 6.45) is 0. The Hall–Kier alpha value is -2.14. The van der Waals surface area contributed by atoms with Crippen LogP contribution in [0.3, 0.4) is 0 Å². The number of methoxy groups -OCH3 is 1. The molecule has 0 aliphatic carbocycles. The third-order valence-corrected chi connectivity index (χ3v) is 3.19. The van der Waals surface area contributed by atoms with Crippen LogP contribution in [-0.2, 0) is 11.3 Å². The topological polar surface area (TPSA) is 38.3 Å². The minimum absolute atomic E-state index is 0.0357. The number of hydrogen-bond acceptors (Lipinski definition) is 3. The quantitative estimate of drug-likeness (QED) is 0.867. The first kappa shape index (κ1) is 15.3. The summed E-state index contributed by atoms with van der Waals surface area (Å²) in [6.45, 7) is 0.0357. The van der Waals surface area contributed by atoms with E-state index in [-0.39, 0.29) is 12.1 Å². The largest absolute Gasteiger partial charge is 0.465 e. The summed E-state index contributed by atoms with van der Waals surface area (Å²) in [5.74, 6) is -1.56. The number of anilines is 1. The Morgan fingerprint density at radius 2 is 2.00 bits per heavy atom. The van der Waals surface area contributed by atoms with Crippen LogP contribution in [0.4, 0.5) is 14.5 Å². The first-order valence-corrected chi connectivity index (χ1v) is 6.44. The molecule has 0 saturated carbocycles. The van der Waals surface area contributed by atoms with Gasteiger partial charge < -0.3 is 10.1 Å². The van der Waals surface area contributed by atoms with E-state index in [1.54, 1.807) is 0 Å². The van der Waals surface area contributed by atoms with Gasteiger partial charge in [-0.1, -0.05) is 11.6 Å². The van der Waals surface area contributed by atoms with Crippen LogP contribution in [0.1, 0.15) is 15.9 Å². The fourth-order valence-corrected chi connectivity index (χ4v) is 1.96.